The number of hydrogen-bond donors (Lipinski definition) is 1. The van der Waals surface area contributed by atoms with E-state index >= 15 is 0 Å². The number of amides is 2. The van der Waals surface area contributed by atoms with Crippen molar-refractivity contribution in [3.05, 3.63) is 24.3 Å². The molecule has 0 aromatic carbocycles. The molecular weight excluding hydrogens is 388 g/mol. The van der Waals surface area contributed by atoms with Gasteiger partial charge in [-0.05, 0) is 33.6 Å². The summed E-state index contributed by atoms with van der Waals surface area (Å²) in [7, 11) is 0. The third-order valence-electron chi connectivity index (χ3n) is 6.50. The highest BCUT2D eigenvalue weighted by Gasteiger charge is 2.71. The quantitative estimate of drug-likeness (QED) is 0.523. The summed E-state index contributed by atoms with van der Waals surface area (Å²) in [5, 5.41) is 9.60. The molecular formula is C22H30N2O6. The Morgan fingerprint density at radius 1 is 1.20 bits per heavy atom. The van der Waals surface area contributed by atoms with Crippen LogP contribution in [-0.4, -0.2) is 82.3 Å². The summed E-state index contributed by atoms with van der Waals surface area (Å²) in [6.07, 6.45) is 8.25. The predicted molar refractivity (Wildman–Crippen MR) is 107 cm³/mol. The minimum atomic E-state index is -1.26. The maximum atomic E-state index is 13.7. The molecule has 0 radical (unpaired) electrons. The van der Waals surface area contributed by atoms with Crippen LogP contribution in [0.25, 0.3) is 0 Å². The zero-order valence-corrected chi connectivity index (χ0v) is 17.7. The van der Waals surface area contributed by atoms with Gasteiger partial charge in [0.25, 0.3) is 0 Å². The molecule has 5 atom stereocenters. The Labute approximate surface area is 176 Å². The van der Waals surface area contributed by atoms with E-state index in [4.69, 9.17) is 9.47 Å². The monoisotopic (exact) mass is 418 g/mol. The molecule has 0 aromatic rings. The van der Waals surface area contributed by atoms with Crippen molar-refractivity contribution in [3.63, 3.8) is 0 Å². The molecule has 1 spiro atoms. The number of carbonyl (C=O) groups is 3. The Morgan fingerprint density at radius 2 is 1.97 bits per heavy atom. The van der Waals surface area contributed by atoms with Gasteiger partial charge in [0, 0.05) is 18.6 Å². The molecule has 4 aliphatic heterocycles. The van der Waals surface area contributed by atoms with E-state index in [1.807, 2.05) is 39.0 Å². The minimum Gasteiger partial charge on any atom is -0.465 e. The fourth-order valence-electron chi connectivity index (χ4n) is 5.20. The van der Waals surface area contributed by atoms with Crippen LogP contribution in [0.1, 0.15) is 33.6 Å². The fourth-order valence-corrected chi connectivity index (χ4v) is 5.20. The first kappa shape index (κ1) is 21.1. The van der Waals surface area contributed by atoms with Crippen LogP contribution in [0.15, 0.2) is 24.3 Å². The van der Waals surface area contributed by atoms with Crippen LogP contribution in [0.2, 0.25) is 0 Å². The van der Waals surface area contributed by atoms with Crippen molar-refractivity contribution >= 4 is 17.8 Å². The van der Waals surface area contributed by atoms with E-state index in [0.717, 1.165) is 6.42 Å². The number of likely N-dealkylation sites (tertiary alicyclic amines) is 1. The maximum Gasteiger partial charge on any atom is 0.312 e. The number of ether oxygens (including phenoxy) is 2. The van der Waals surface area contributed by atoms with Crippen LogP contribution in [0, 0.1) is 11.8 Å². The van der Waals surface area contributed by atoms with Crippen molar-refractivity contribution in [2.75, 3.05) is 26.3 Å². The lowest BCUT2D eigenvalue weighted by molar-refractivity contribution is -0.155. The fraction of sp³-hybridized carbons (Fsp3) is 0.682. The smallest absolute Gasteiger partial charge is 0.312 e. The molecule has 4 rings (SSSR count). The topological polar surface area (TPSA) is 96.4 Å². The first-order valence-corrected chi connectivity index (χ1v) is 10.6. The average Bonchev–Trinajstić information content (AvgIpc) is 3.06. The van der Waals surface area contributed by atoms with Gasteiger partial charge in [-0.15, -0.1) is 0 Å². The maximum absolute atomic E-state index is 13.7. The predicted octanol–water partition coefficient (Wildman–Crippen LogP) is 0.650. The van der Waals surface area contributed by atoms with Gasteiger partial charge in [0.1, 0.15) is 17.6 Å². The third kappa shape index (κ3) is 3.08. The Balaban J connectivity index is 1.84. The summed E-state index contributed by atoms with van der Waals surface area (Å²) < 4.78 is 11.9. The molecule has 8 heteroatoms. The van der Waals surface area contributed by atoms with Crippen LogP contribution < -0.4 is 0 Å². The number of hydrogen-bond acceptors (Lipinski definition) is 6. The number of esters is 1. The van der Waals surface area contributed by atoms with Gasteiger partial charge < -0.3 is 24.4 Å². The second-order valence-electron chi connectivity index (χ2n) is 9.36. The summed E-state index contributed by atoms with van der Waals surface area (Å²) in [4.78, 5) is 43.3. The van der Waals surface area contributed by atoms with Crippen LogP contribution in [-0.2, 0) is 23.9 Å². The van der Waals surface area contributed by atoms with E-state index in [0.29, 0.717) is 13.0 Å². The Morgan fingerprint density at radius 3 is 2.67 bits per heavy atom. The second-order valence-corrected chi connectivity index (χ2v) is 9.36. The van der Waals surface area contributed by atoms with E-state index in [1.54, 1.807) is 11.0 Å². The van der Waals surface area contributed by atoms with Gasteiger partial charge >= 0.3 is 5.97 Å². The van der Waals surface area contributed by atoms with E-state index in [2.05, 4.69) is 0 Å². The molecule has 4 heterocycles. The van der Waals surface area contributed by atoms with Crippen LogP contribution in [0.4, 0.5) is 0 Å². The zero-order chi connectivity index (χ0) is 21.7. The van der Waals surface area contributed by atoms with E-state index in [9.17, 15) is 19.5 Å². The number of aliphatic hydroxyl groups excluding tert-OH is 1. The second kappa shape index (κ2) is 7.50. The van der Waals surface area contributed by atoms with Gasteiger partial charge in [0.2, 0.25) is 11.8 Å². The number of aliphatic hydroxyl groups is 1. The molecule has 2 amide bonds. The van der Waals surface area contributed by atoms with Crippen molar-refractivity contribution in [2.45, 2.75) is 56.9 Å². The highest BCUT2D eigenvalue weighted by Crippen LogP contribution is 2.53. The molecule has 1 unspecified atom stereocenters. The van der Waals surface area contributed by atoms with Crippen LogP contribution >= 0.6 is 0 Å². The molecule has 1 N–H and O–H groups in total. The molecule has 0 aromatic heterocycles. The SMILES string of the molecule is CC(C)(C)N1CC=C[C@]23O[C@@H]4/C=C\CCCOC(=O)[C@@H]4[C@H]2C(=O)N(CCO)C3C1=O. The molecule has 30 heavy (non-hydrogen) atoms. The van der Waals surface area contributed by atoms with Gasteiger partial charge in [0.15, 0.2) is 0 Å². The number of cyclic esters (lactones) is 1. The van der Waals surface area contributed by atoms with E-state index in [-0.39, 0.29) is 31.6 Å². The normalized spacial score (nSPS) is 37.5. The lowest BCUT2D eigenvalue weighted by Gasteiger charge is -2.40. The lowest BCUT2D eigenvalue weighted by atomic mass is 9.78. The largest absolute Gasteiger partial charge is 0.465 e. The summed E-state index contributed by atoms with van der Waals surface area (Å²) in [6.45, 7) is 6.21. The molecule has 2 saturated heterocycles. The Kier molecular flexibility index (Phi) is 5.26. The van der Waals surface area contributed by atoms with Crippen molar-refractivity contribution in [3.8, 4) is 0 Å². The highest BCUT2D eigenvalue weighted by atomic mass is 16.6. The van der Waals surface area contributed by atoms with Gasteiger partial charge in [-0.2, -0.15) is 0 Å². The average molecular weight is 418 g/mol. The summed E-state index contributed by atoms with van der Waals surface area (Å²) in [5.74, 6) is -2.74. The van der Waals surface area contributed by atoms with Crippen LogP contribution in [0.3, 0.4) is 0 Å². The number of carbonyl (C=O) groups excluding carboxylic acids is 3. The van der Waals surface area contributed by atoms with Crippen molar-refractivity contribution < 1.29 is 29.0 Å². The molecule has 0 aliphatic carbocycles. The number of nitrogens with zero attached hydrogens (tertiary/aromatic N) is 2. The molecule has 2 fully saturated rings. The number of rotatable bonds is 2. The van der Waals surface area contributed by atoms with Crippen molar-refractivity contribution in [1.29, 1.82) is 0 Å². The lowest BCUT2D eigenvalue weighted by Crippen LogP contribution is -2.58. The third-order valence-corrected chi connectivity index (χ3v) is 6.50. The number of fused-ring (bicyclic) bond motifs is 2. The number of β-amino-alcohol motifs (C(OH)–C–C–N with tert-alkyl or cyclic N) is 1. The number of allylic oxidation sites excluding steroid dienone is 1. The summed E-state index contributed by atoms with van der Waals surface area (Å²) in [6, 6.07) is -0.934. The van der Waals surface area contributed by atoms with Gasteiger partial charge in [-0.1, -0.05) is 24.3 Å². The Hall–Kier alpha value is -2.19. The van der Waals surface area contributed by atoms with E-state index < -0.39 is 41.1 Å². The highest BCUT2D eigenvalue weighted by molar-refractivity contribution is 5.99. The van der Waals surface area contributed by atoms with Crippen molar-refractivity contribution in [1.82, 2.24) is 9.80 Å². The zero-order valence-electron chi connectivity index (χ0n) is 17.7. The molecule has 164 valence electrons. The first-order chi connectivity index (χ1) is 14.2. The Bertz CT molecular complexity index is 800. The van der Waals surface area contributed by atoms with Gasteiger partial charge in [-0.3, -0.25) is 14.4 Å². The molecule has 0 bridgehead atoms. The summed E-state index contributed by atoms with van der Waals surface area (Å²) in [5.41, 5.74) is -1.72. The summed E-state index contributed by atoms with van der Waals surface area (Å²) >= 11 is 0. The van der Waals surface area contributed by atoms with Gasteiger partial charge in [0.05, 0.1) is 25.2 Å². The molecule has 4 aliphatic rings. The standard InChI is InChI=1S/C22H30N2O6/c1-21(2,3)24-10-7-9-22-16(18(26)23(11-12-25)17(22)19(24)27)15-14(30-22)8-5-4-6-13-29-20(15)28/h5,7-9,14-17,25H,4,6,10-13H2,1-3H3/b8-5-/t14-,15+,16+,17?,22+/m1/s1. The van der Waals surface area contributed by atoms with Crippen molar-refractivity contribution in [2.24, 2.45) is 11.8 Å². The minimum absolute atomic E-state index is 0.00491. The van der Waals surface area contributed by atoms with Gasteiger partial charge in [-0.25, -0.2) is 0 Å². The van der Waals surface area contributed by atoms with E-state index in [1.165, 1.54) is 4.90 Å². The molecule has 8 nitrogen and oxygen atoms in total. The molecule has 0 saturated carbocycles. The first-order valence-electron chi connectivity index (χ1n) is 10.6. The van der Waals surface area contributed by atoms with Crippen LogP contribution in [0.5, 0.6) is 0 Å².